The molecule has 2 aromatic heterocycles. The smallest absolute Gasteiger partial charge is 0.139 e. The molecule has 3 aliphatic rings. The second kappa shape index (κ2) is 9.57. The van der Waals surface area contributed by atoms with Gasteiger partial charge in [0.25, 0.3) is 0 Å². The van der Waals surface area contributed by atoms with Crippen LogP contribution in [0.4, 0.5) is 0 Å². The predicted molar refractivity (Wildman–Crippen MR) is 216 cm³/mol. The van der Waals surface area contributed by atoms with Gasteiger partial charge in [0.05, 0.1) is 0 Å². The minimum atomic E-state index is 0.841. The second-order valence-electron chi connectivity index (χ2n) is 14.6. The molecule has 0 amide bonds. The molecule has 0 atom stereocenters. The van der Waals surface area contributed by atoms with Crippen LogP contribution in [-0.4, -0.2) is 0 Å². The molecule has 0 aliphatic heterocycles. The van der Waals surface area contributed by atoms with Crippen molar-refractivity contribution in [2.45, 2.75) is 12.8 Å². The first kappa shape index (κ1) is 27.1. The van der Waals surface area contributed by atoms with Crippen LogP contribution in [0, 0.1) is 0 Å². The highest BCUT2D eigenvalue weighted by Gasteiger charge is 2.26. The van der Waals surface area contributed by atoms with Gasteiger partial charge in [0, 0.05) is 27.6 Å². The zero-order valence-electron chi connectivity index (χ0n) is 28.1. The monoisotopic (exact) mass is 660 g/mol. The molecule has 0 fully saturated rings. The third-order valence-electron chi connectivity index (χ3n) is 12.1. The Balaban J connectivity index is 0.980. The summed E-state index contributed by atoms with van der Waals surface area (Å²) in [5.41, 5.74) is 19.3. The third kappa shape index (κ3) is 3.40. The van der Waals surface area contributed by atoms with Gasteiger partial charge in [-0.25, -0.2) is 0 Å². The lowest BCUT2D eigenvalue weighted by molar-refractivity contribution is 0.656. The lowest BCUT2D eigenvalue weighted by Gasteiger charge is -2.11. The van der Waals surface area contributed by atoms with Crippen molar-refractivity contribution in [2.24, 2.45) is 0 Å². The first-order valence-electron chi connectivity index (χ1n) is 18.2. The summed E-state index contributed by atoms with van der Waals surface area (Å²) in [5, 5.41) is 9.77. The molecule has 0 spiro atoms. The minimum absolute atomic E-state index is 0.841. The number of hydrogen-bond acceptors (Lipinski definition) is 2. The molecule has 0 saturated carbocycles. The maximum atomic E-state index is 6.47. The van der Waals surface area contributed by atoms with Gasteiger partial charge in [-0.15, -0.1) is 0 Å². The fourth-order valence-electron chi connectivity index (χ4n) is 9.77. The molecule has 0 saturated heterocycles. The maximum absolute atomic E-state index is 6.47. The number of fused-ring (bicyclic) bond motifs is 11. The van der Waals surface area contributed by atoms with E-state index in [9.17, 15) is 0 Å². The summed E-state index contributed by atoms with van der Waals surface area (Å²) in [6.07, 6.45) is 6.86. The molecule has 0 bridgehead atoms. The summed E-state index contributed by atoms with van der Waals surface area (Å²) in [6.45, 7) is 0. The van der Waals surface area contributed by atoms with E-state index in [4.69, 9.17) is 8.83 Å². The molecule has 2 heterocycles. The van der Waals surface area contributed by atoms with Crippen molar-refractivity contribution in [3.8, 4) is 44.5 Å². The Labute approximate surface area is 298 Å². The van der Waals surface area contributed by atoms with E-state index in [2.05, 4.69) is 146 Å². The zero-order chi connectivity index (χ0) is 33.7. The van der Waals surface area contributed by atoms with Crippen LogP contribution in [0.15, 0.2) is 154 Å². The molecule has 3 aliphatic carbocycles. The van der Waals surface area contributed by atoms with E-state index in [1.807, 2.05) is 0 Å². The van der Waals surface area contributed by atoms with E-state index in [0.29, 0.717) is 0 Å². The summed E-state index contributed by atoms with van der Waals surface area (Å²) >= 11 is 0. The van der Waals surface area contributed by atoms with E-state index < -0.39 is 0 Å². The van der Waals surface area contributed by atoms with Crippen LogP contribution in [0.5, 0.6) is 0 Å². The fourth-order valence-corrected chi connectivity index (χ4v) is 9.77. The van der Waals surface area contributed by atoms with Gasteiger partial charge in [-0.3, -0.25) is 0 Å². The topological polar surface area (TPSA) is 26.3 Å². The highest BCUT2D eigenvalue weighted by molar-refractivity contribution is 6.22. The number of allylic oxidation sites excluding steroid dienone is 4. The molecule has 0 unspecified atom stereocenters. The Morgan fingerprint density at radius 1 is 0.365 bits per heavy atom. The van der Waals surface area contributed by atoms with Crippen LogP contribution in [0.1, 0.15) is 24.0 Å². The minimum Gasteiger partial charge on any atom is -0.456 e. The summed E-state index contributed by atoms with van der Waals surface area (Å²) in [7, 11) is 0. The first-order valence-corrected chi connectivity index (χ1v) is 18.2. The lowest BCUT2D eigenvalue weighted by atomic mass is 9.92. The van der Waals surface area contributed by atoms with Crippen molar-refractivity contribution < 1.29 is 8.83 Å². The van der Waals surface area contributed by atoms with Crippen molar-refractivity contribution in [1.29, 1.82) is 0 Å². The molecule has 52 heavy (non-hydrogen) atoms. The van der Waals surface area contributed by atoms with Crippen molar-refractivity contribution in [3.05, 3.63) is 157 Å². The molecule has 0 radical (unpaired) electrons. The van der Waals surface area contributed by atoms with Crippen LogP contribution in [0.2, 0.25) is 0 Å². The highest BCUT2D eigenvalue weighted by Crippen LogP contribution is 2.51. The van der Waals surface area contributed by atoms with Gasteiger partial charge in [0.2, 0.25) is 0 Å². The van der Waals surface area contributed by atoms with Crippen LogP contribution >= 0.6 is 0 Å². The molecule has 10 aromatic rings. The van der Waals surface area contributed by atoms with Crippen molar-refractivity contribution in [1.82, 2.24) is 0 Å². The molecule has 2 nitrogen and oxygen atoms in total. The van der Waals surface area contributed by atoms with E-state index >= 15 is 0 Å². The molecule has 2 heteroatoms. The Hall–Kier alpha value is -6.64. The van der Waals surface area contributed by atoms with Gasteiger partial charge in [-0.2, -0.15) is 0 Å². The molecule has 8 aromatic carbocycles. The van der Waals surface area contributed by atoms with Gasteiger partial charge in [-0.1, -0.05) is 109 Å². The Morgan fingerprint density at radius 2 is 0.904 bits per heavy atom. The van der Waals surface area contributed by atoms with Crippen molar-refractivity contribution in [3.63, 3.8) is 0 Å². The Morgan fingerprint density at radius 3 is 1.58 bits per heavy atom. The molecule has 240 valence electrons. The SMILES string of the molecule is C1=CC2=C(CC1)c1ccc(-c3ccc4oc5cc6oc7ccc(-c8ccc9c%10c(cccc8%10)-c8ccccc8-9)cc7c6cc5c4c3)c3cccc2c13. The van der Waals surface area contributed by atoms with Gasteiger partial charge < -0.3 is 8.83 Å². The van der Waals surface area contributed by atoms with E-state index in [-0.39, 0.29) is 0 Å². The van der Waals surface area contributed by atoms with E-state index in [1.165, 1.54) is 88.3 Å². The van der Waals surface area contributed by atoms with Crippen LogP contribution < -0.4 is 0 Å². The number of hydrogen-bond donors (Lipinski definition) is 0. The summed E-state index contributed by atoms with van der Waals surface area (Å²) in [5.74, 6) is 0. The van der Waals surface area contributed by atoms with E-state index in [0.717, 1.165) is 56.7 Å². The number of furan rings is 2. The largest absolute Gasteiger partial charge is 0.456 e. The van der Waals surface area contributed by atoms with Crippen LogP contribution in [0.25, 0.3) is 121 Å². The first-order chi connectivity index (χ1) is 25.8. The van der Waals surface area contributed by atoms with Gasteiger partial charge in [-0.05, 0) is 131 Å². The normalized spacial score (nSPS) is 14.2. The highest BCUT2D eigenvalue weighted by atomic mass is 16.3. The summed E-state index contributed by atoms with van der Waals surface area (Å²) < 4.78 is 12.9. The maximum Gasteiger partial charge on any atom is 0.139 e. The average molecular weight is 661 g/mol. The Kier molecular flexibility index (Phi) is 4.99. The van der Waals surface area contributed by atoms with E-state index in [1.54, 1.807) is 0 Å². The predicted octanol–water partition coefficient (Wildman–Crippen LogP) is 14.3. The molecular weight excluding hydrogens is 633 g/mol. The van der Waals surface area contributed by atoms with Gasteiger partial charge in [0.1, 0.15) is 22.3 Å². The number of rotatable bonds is 2. The van der Waals surface area contributed by atoms with Crippen LogP contribution in [-0.2, 0) is 0 Å². The molecule has 13 rings (SSSR count). The number of benzene rings is 8. The Bertz CT molecular complexity index is 3310. The van der Waals surface area contributed by atoms with Gasteiger partial charge in [0.15, 0.2) is 0 Å². The summed E-state index contributed by atoms with van der Waals surface area (Å²) in [6, 6.07) is 49.2. The third-order valence-corrected chi connectivity index (χ3v) is 12.1. The molecule has 0 N–H and O–H groups in total. The van der Waals surface area contributed by atoms with Crippen molar-refractivity contribution >= 4 is 76.6 Å². The quantitative estimate of drug-likeness (QED) is 0.184. The van der Waals surface area contributed by atoms with Gasteiger partial charge >= 0.3 is 0 Å². The average Bonchev–Trinajstić information content (AvgIpc) is 3.93. The van der Waals surface area contributed by atoms with Crippen molar-refractivity contribution in [2.75, 3.05) is 0 Å². The second-order valence-corrected chi connectivity index (χ2v) is 14.6. The summed E-state index contributed by atoms with van der Waals surface area (Å²) in [4.78, 5) is 0. The zero-order valence-corrected chi connectivity index (χ0v) is 28.1. The molecular formula is C50H28O2. The standard InChI is InChI=1S/C50H28O2/c1-3-9-33-31(7-1)37-13-5-11-35-29(17-19-39(33)49(35)37)27-15-21-45-41(23-27)43-25-44-42-24-28(16-22-46(42)52-48(44)26-47(43)51-45)30-18-20-40-34-10-4-2-8-32(34)38-14-6-12-36(30)50(38)40/h1-3,5-9,11-26H,4,10H2. The van der Waals surface area contributed by atoms with Crippen LogP contribution in [0.3, 0.4) is 0 Å². The fraction of sp³-hybridized carbons (Fsp3) is 0.0400. The lowest BCUT2D eigenvalue weighted by Crippen LogP contribution is -1.88.